The van der Waals surface area contributed by atoms with Gasteiger partial charge in [0, 0.05) is 27.2 Å². The summed E-state index contributed by atoms with van der Waals surface area (Å²) in [4.78, 5) is 24.1. The molecule has 0 spiro atoms. The normalized spacial score (nSPS) is 10.2. The van der Waals surface area contributed by atoms with Gasteiger partial charge in [-0.05, 0) is 13.0 Å². The molecule has 0 fully saturated rings. The molecule has 0 heterocycles. The van der Waals surface area contributed by atoms with Crippen molar-refractivity contribution >= 4 is 12.2 Å². The molecule has 0 aromatic heterocycles. The summed E-state index contributed by atoms with van der Waals surface area (Å²) in [6.07, 6.45) is 2.52. The number of ether oxygens (including phenoxy) is 2. The SMILES string of the molecule is CCCCCN(CCOC(=O)NC)CCOC(=O)NC. The maximum Gasteiger partial charge on any atom is 0.406 e. The van der Waals surface area contributed by atoms with Crippen LogP contribution in [0.1, 0.15) is 26.2 Å². The largest absolute Gasteiger partial charge is 0.448 e. The lowest BCUT2D eigenvalue weighted by Crippen LogP contribution is -2.34. The van der Waals surface area contributed by atoms with Gasteiger partial charge in [0.15, 0.2) is 0 Å². The molecule has 0 saturated heterocycles. The average molecular weight is 289 g/mol. The quantitative estimate of drug-likeness (QED) is 0.591. The highest BCUT2D eigenvalue weighted by Crippen LogP contribution is 1.99. The van der Waals surface area contributed by atoms with Crippen molar-refractivity contribution in [2.75, 3.05) is 46.9 Å². The fourth-order valence-corrected chi connectivity index (χ4v) is 1.60. The topological polar surface area (TPSA) is 79.9 Å². The number of carbonyl (C=O) groups excluding carboxylic acids is 2. The maximum atomic E-state index is 11.0. The highest BCUT2D eigenvalue weighted by atomic mass is 16.6. The van der Waals surface area contributed by atoms with Crippen LogP contribution in [0.2, 0.25) is 0 Å². The molecule has 20 heavy (non-hydrogen) atoms. The summed E-state index contributed by atoms with van der Waals surface area (Å²) in [6.45, 7) is 4.97. The van der Waals surface area contributed by atoms with Crippen molar-refractivity contribution in [3.63, 3.8) is 0 Å². The Bertz CT molecular complexity index is 252. The van der Waals surface area contributed by atoms with Crippen LogP contribution in [0.3, 0.4) is 0 Å². The highest BCUT2D eigenvalue weighted by molar-refractivity contribution is 5.66. The summed E-state index contributed by atoms with van der Waals surface area (Å²) < 4.78 is 9.93. The van der Waals surface area contributed by atoms with E-state index in [0.717, 1.165) is 25.8 Å². The van der Waals surface area contributed by atoms with Gasteiger partial charge in [-0.3, -0.25) is 4.90 Å². The van der Waals surface area contributed by atoms with Crippen LogP contribution < -0.4 is 10.6 Å². The van der Waals surface area contributed by atoms with Crippen LogP contribution in [-0.4, -0.2) is 64.0 Å². The second-order valence-electron chi connectivity index (χ2n) is 4.32. The molecule has 2 amide bonds. The number of unbranched alkanes of at least 4 members (excludes halogenated alkanes) is 2. The number of hydrogen-bond donors (Lipinski definition) is 2. The van der Waals surface area contributed by atoms with E-state index < -0.39 is 12.2 Å². The van der Waals surface area contributed by atoms with Crippen LogP contribution in [0.25, 0.3) is 0 Å². The monoisotopic (exact) mass is 289 g/mol. The molecule has 0 aliphatic heterocycles. The zero-order valence-electron chi connectivity index (χ0n) is 12.7. The van der Waals surface area contributed by atoms with E-state index in [-0.39, 0.29) is 0 Å². The van der Waals surface area contributed by atoms with Gasteiger partial charge in [0.2, 0.25) is 0 Å². The third-order valence-corrected chi connectivity index (χ3v) is 2.77. The summed E-state index contributed by atoms with van der Waals surface area (Å²) in [5.41, 5.74) is 0. The van der Waals surface area contributed by atoms with E-state index in [2.05, 4.69) is 22.5 Å². The van der Waals surface area contributed by atoms with Crippen LogP contribution in [0.15, 0.2) is 0 Å². The van der Waals surface area contributed by atoms with Gasteiger partial charge in [-0.25, -0.2) is 9.59 Å². The highest BCUT2D eigenvalue weighted by Gasteiger charge is 2.07. The minimum absolute atomic E-state index is 0.325. The predicted octanol–water partition coefficient (Wildman–Crippen LogP) is 1.19. The van der Waals surface area contributed by atoms with E-state index in [1.807, 2.05) is 0 Å². The second kappa shape index (κ2) is 12.5. The molecule has 0 bridgehead atoms. The van der Waals surface area contributed by atoms with Crippen LogP contribution >= 0.6 is 0 Å². The fourth-order valence-electron chi connectivity index (χ4n) is 1.60. The Morgan fingerprint density at radius 1 is 0.900 bits per heavy atom. The summed E-state index contributed by atoms with van der Waals surface area (Å²) >= 11 is 0. The number of nitrogens with one attached hydrogen (secondary N) is 2. The molecular weight excluding hydrogens is 262 g/mol. The maximum absolute atomic E-state index is 11.0. The number of alkyl carbamates (subject to hydrolysis) is 2. The molecule has 7 nitrogen and oxygen atoms in total. The second-order valence-corrected chi connectivity index (χ2v) is 4.32. The summed E-state index contributed by atoms with van der Waals surface area (Å²) in [7, 11) is 3.05. The Morgan fingerprint density at radius 3 is 1.80 bits per heavy atom. The first kappa shape index (κ1) is 18.5. The molecule has 0 unspecified atom stereocenters. The van der Waals surface area contributed by atoms with Crippen molar-refractivity contribution in [2.24, 2.45) is 0 Å². The molecule has 0 aromatic rings. The molecular formula is C13H27N3O4. The van der Waals surface area contributed by atoms with Gasteiger partial charge in [-0.1, -0.05) is 19.8 Å². The average Bonchev–Trinajstić information content (AvgIpc) is 2.46. The van der Waals surface area contributed by atoms with Gasteiger partial charge in [0.1, 0.15) is 13.2 Å². The van der Waals surface area contributed by atoms with Gasteiger partial charge < -0.3 is 20.1 Å². The first-order chi connectivity index (χ1) is 9.63. The third-order valence-electron chi connectivity index (χ3n) is 2.77. The van der Waals surface area contributed by atoms with E-state index in [9.17, 15) is 9.59 Å². The minimum Gasteiger partial charge on any atom is -0.448 e. The summed E-state index contributed by atoms with van der Waals surface area (Å²) in [5.74, 6) is 0. The zero-order valence-corrected chi connectivity index (χ0v) is 12.7. The molecule has 0 radical (unpaired) electrons. The Balaban J connectivity index is 3.92. The van der Waals surface area contributed by atoms with Gasteiger partial charge >= 0.3 is 12.2 Å². The van der Waals surface area contributed by atoms with Gasteiger partial charge in [0.25, 0.3) is 0 Å². The van der Waals surface area contributed by atoms with E-state index in [1.165, 1.54) is 14.1 Å². The number of carbonyl (C=O) groups is 2. The zero-order chi connectivity index (χ0) is 15.2. The lowest BCUT2D eigenvalue weighted by molar-refractivity contribution is 0.107. The van der Waals surface area contributed by atoms with Crippen molar-refractivity contribution in [3.05, 3.63) is 0 Å². The first-order valence-corrected chi connectivity index (χ1v) is 7.05. The summed E-state index contributed by atoms with van der Waals surface area (Å²) in [5, 5.41) is 4.80. The van der Waals surface area contributed by atoms with Crippen molar-refractivity contribution in [2.45, 2.75) is 26.2 Å². The van der Waals surface area contributed by atoms with Crippen molar-refractivity contribution in [3.8, 4) is 0 Å². The van der Waals surface area contributed by atoms with Crippen molar-refractivity contribution in [1.82, 2.24) is 15.5 Å². The Morgan fingerprint density at radius 2 is 1.40 bits per heavy atom. The predicted molar refractivity (Wildman–Crippen MR) is 76.8 cm³/mol. The van der Waals surface area contributed by atoms with E-state index >= 15 is 0 Å². The lowest BCUT2D eigenvalue weighted by atomic mass is 10.2. The van der Waals surface area contributed by atoms with Crippen LogP contribution in [0.5, 0.6) is 0 Å². The molecule has 0 aromatic carbocycles. The Hall–Kier alpha value is -1.50. The number of rotatable bonds is 10. The van der Waals surface area contributed by atoms with E-state index in [1.54, 1.807) is 0 Å². The molecule has 0 rings (SSSR count). The summed E-state index contributed by atoms with van der Waals surface area (Å²) in [6, 6.07) is 0. The van der Waals surface area contributed by atoms with E-state index in [0.29, 0.717) is 26.3 Å². The molecule has 0 atom stereocenters. The molecule has 0 aliphatic rings. The molecule has 7 heteroatoms. The third kappa shape index (κ3) is 10.4. The number of amides is 2. The number of hydrogen-bond acceptors (Lipinski definition) is 5. The lowest BCUT2D eigenvalue weighted by Gasteiger charge is -2.21. The van der Waals surface area contributed by atoms with Gasteiger partial charge in [0.05, 0.1) is 0 Å². The molecule has 118 valence electrons. The smallest absolute Gasteiger partial charge is 0.406 e. The van der Waals surface area contributed by atoms with Gasteiger partial charge in [-0.2, -0.15) is 0 Å². The van der Waals surface area contributed by atoms with Crippen LogP contribution in [0.4, 0.5) is 9.59 Å². The van der Waals surface area contributed by atoms with Crippen LogP contribution in [-0.2, 0) is 9.47 Å². The molecule has 0 aliphatic carbocycles. The number of nitrogens with zero attached hydrogens (tertiary/aromatic N) is 1. The van der Waals surface area contributed by atoms with E-state index in [4.69, 9.17) is 9.47 Å². The standard InChI is InChI=1S/C13H27N3O4/c1-4-5-6-7-16(8-10-19-12(17)14-2)9-11-20-13(18)15-3/h4-11H2,1-3H3,(H,14,17)(H,15,18). The van der Waals surface area contributed by atoms with Gasteiger partial charge in [-0.15, -0.1) is 0 Å². The molecule has 0 saturated carbocycles. The fraction of sp³-hybridized carbons (Fsp3) is 0.846. The van der Waals surface area contributed by atoms with Crippen molar-refractivity contribution < 1.29 is 19.1 Å². The molecule has 2 N–H and O–H groups in total. The Labute approximate surface area is 121 Å². The van der Waals surface area contributed by atoms with Crippen LogP contribution in [0, 0.1) is 0 Å². The first-order valence-electron chi connectivity index (χ1n) is 7.05. The minimum atomic E-state index is -0.430. The Kier molecular flexibility index (Phi) is 11.6. The van der Waals surface area contributed by atoms with Crippen molar-refractivity contribution in [1.29, 1.82) is 0 Å².